The number of hydrogen-bond acceptors (Lipinski definition) is 5. The first-order valence-corrected chi connectivity index (χ1v) is 7.62. The van der Waals surface area contributed by atoms with Gasteiger partial charge in [0.15, 0.2) is 11.5 Å². The van der Waals surface area contributed by atoms with E-state index < -0.39 is 0 Å². The van der Waals surface area contributed by atoms with E-state index >= 15 is 0 Å². The molecule has 0 spiro atoms. The topological polar surface area (TPSA) is 100 Å². The van der Waals surface area contributed by atoms with Crippen molar-refractivity contribution in [1.29, 1.82) is 0 Å². The summed E-state index contributed by atoms with van der Waals surface area (Å²) in [7, 11) is 1.46. The zero-order chi connectivity index (χ0) is 18.1. The molecule has 0 fully saturated rings. The zero-order valence-electron chi connectivity index (χ0n) is 13.7. The molecule has 0 aliphatic rings. The fourth-order valence-corrected chi connectivity index (χ4v) is 1.99. The predicted molar refractivity (Wildman–Crippen MR) is 94.7 cm³/mol. The standard InChI is InChI=1S/C18H19N3O4/c1-25-16-8-7-13(11-15(16)22)12-19-21-18(24)10-9-17(23)20-14-5-3-2-4-6-14/h2-8,11-12,22H,9-10H2,1H3,(H,20,23)(H,21,24)/b19-12-. The first-order valence-electron chi connectivity index (χ1n) is 7.62. The van der Waals surface area contributed by atoms with Crippen molar-refractivity contribution in [3.63, 3.8) is 0 Å². The molecule has 0 aliphatic carbocycles. The highest BCUT2D eigenvalue weighted by molar-refractivity contribution is 5.93. The third kappa shape index (κ3) is 5.98. The Morgan fingerprint density at radius 3 is 2.52 bits per heavy atom. The molecule has 3 N–H and O–H groups in total. The van der Waals surface area contributed by atoms with E-state index in [1.165, 1.54) is 19.4 Å². The Labute approximate surface area is 145 Å². The minimum Gasteiger partial charge on any atom is -0.504 e. The molecule has 0 aromatic heterocycles. The molecule has 0 saturated heterocycles. The molecule has 130 valence electrons. The number of ether oxygens (including phenoxy) is 1. The summed E-state index contributed by atoms with van der Waals surface area (Å²) in [5.41, 5.74) is 3.62. The number of methoxy groups -OCH3 is 1. The molecule has 7 heteroatoms. The van der Waals surface area contributed by atoms with E-state index in [9.17, 15) is 14.7 Å². The molecule has 0 radical (unpaired) electrons. The number of nitrogens with zero attached hydrogens (tertiary/aromatic N) is 1. The Balaban J connectivity index is 1.75. The molecule has 0 saturated carbocycles. The molecule has 2 aromatic carbocycles. The maximum absolute atomic E-state index is 11.7. The van der Waals surface area contributed by atoms with E-state index in [0.29, 0.717) is 17.0 Å². The SMILES string of the molecule is COc1ccc(/C=N\NC(=O)CCC(=O)Nc2ccccc2)cc1O. The van der Waals surface area contributed by atoms with Crippen molar-refractivity contribution >= 4 is 23.7 Å². The van der Waals surface area contributed by atoms with Crippen LogP contribution in [0.5, 0.6) is 11.5 Å². The fraction of sp³-hybridized carbons (Fsp3) is 0.167. The molecule has 0 heterocycles. The lowest BCUT2D eigenvalue weighted by Crippen LogP contribution is -2.20. The predicted octanol–water partition coefficient (Wildman–Crippen LogP) is 2.27. The second-order valence-electron chi connectivity index (χ2n) is 5.14. The monoisotopic (exact) mass is 341 g/mol. The molecule has 25 heavy (non-hydrogen) atoms. The van der Waals surface area contributed by atoms with Crippen LogP contribution in [-0.2, 0) is 9.59 Å². The van der Waals surface area contributed by atoms with Gasteiger partial charge in [0.05, 0.1) is 13.3 Å². The van der Waals surface area contributed by atoms with Crippen LogP contribution < -0.4 is 15.5 Å². The van der Waals surface area contributed by atoms with Crippen molar-refractivity contribution < 1.29 is 19.4 Å². The Morgan fingerprint density at radius 2 is 1.84 bits per heavy atom. The summed E-state index contributed by atoms with van der Waals surface area (Å²) in [6.45, 7) is 0. The van der Waals surface area contributed by atoms with Gasteiger partial charge in [-0.2, -0.15) is 5.10 Å². The lowest BCUT2D eigenvalue weighted by molar-refractivity contribution is -0.124. The summed E-state index contributed by atoms with van der Waals surface area (Å²) in [4.78, 5) is 23.4. The lowest BCUT2D eigenvalue weighted by atomic mass is 10.2. The van der Waals surface area contributed by atoms with Gasteiger partial charge in [-0.05, 0) is 35.9 Å². The van der Waals surface area contributed by atoms with Crippen LogP contribution in [0.1, 0.15) is 18.4 Å². The van der Waals surface area contributed by atoms with E-state index in [-0.39, 0.29) is 30.4 Å². The van der Waals surface area contributed by atoms with Gasteiger partial charge in [-0.25, -0.2) is 5.43 Å². The van der Waals surface area contributed by atoms with Crippen molar-refractivity contribution in [2.24, 2.45) is 5.10 Å². The summed E-state index contributed by atoms with van der Waals surface area (Å²) in [5.74, 6) is -0.288. The maximum Gasteiger partial charge on any atom is 0.240 e. The summed E-state index contributed by atoms with van der Waals surface area (Å²) in [6, 6.07) is 13.8. The Bertz CT molecular complexity index is 760. The van der Waals surface area contributed by atoms with E-state index in [0.717, 1.165) is 0 Å². The molecule has 0 aliphatic heterocycles. The first kappa shape index (κ1) is 18.0. The largest absolute Gasteiger partial charge is 0.504 e. The summed E-state index contributed by atoms with van der Waals surface area (Å²) in [6.07, 6.45) is 1.46. The number of anilines is 1. The lowest BCUT2D eigenvalue weighted by Gasteiger charge is -2.04. The van der Waals surface area contributed by atoms with Gasteiger partial charge in [-0.15, -0.1) is 0 Å². The Hall–Kier alpha value is -3.35. The zero-order valence-corrected chi connectivity index (χ0v) is 13.7. The number of phenols is 1. The third-order valence-corrected chi connectivity index (χ3v) is 3.24. The fourth-order valence-electron chi connectivity index (χ4n) is 1.99. The van der Waals surface area contributed by atoms with Crippen LogP contribution in [-0.4, -0.2) is 30.2 Å². The number of amides is 2. The van der Waals surface area contributed by atoms with Crippen LogP contribution in [0, 0.1) is 0 Å². The Kier molecular flexibility index (Phi) is 6.53. The number of phenolic OH excluding ortho intramolecular Hbond substituents is 1. The van der Waals surface area contributed by atoms with Crippen molar-refractivity contribution in [3.8, 4) is 11.5 Å². The number of hydrogen-bond donors (Lipinski definition) is 3. The van der Waals surface area contributed by atoms with E-state index in [2.05, 4.69) is 15.8 Å². The number of nitrogens with one attached hydrogen (secondary N) is 2. The molecular formula is C18H19N3O4. The molecule has 0 unspecified atom stereocenters. The van der Waals surface area contributed by atoms with Gasteiger partial charge in [0.1, 0.15) is 0 Å². The van der Waals surface area contributed by atoms with Crippen molar-refractivity contribution in [2.45, 2.75) is 12.8 Å². The highest BCUT2D eigenvalue weighted by atomic mass is 16.5. The average Bonchev–Trinajstić information content (AvgIpc) is 2.61. The normalized spacial score (nSPS) is 10.4. The first-order chi connectivity index (χ1) is 12.1. The van der Waals surface area contributed by atoms with Crippen LogP contribution >= 0.6 is 0 Å². The number of para-hydroxylation sites is 1. The highest BCUT2D eigenvalue weighted by Crippen LogP contribution is 2.25. The highest BCUT2D eigenvalue weighted by Gasteiger charge is 2.06. The van der Waals surface area contributed by atoms with Crippen LogP contribution in [0.2, 0.25) is 0 Å². The molecule has 2 amide bonds. The maximum atomic E-state index is 11.7. The second-order valence-corrected chi connectivity index (χ2v) is 5.14. The summed E-state index contributed by atoms with van der Waals surface area (Å²) < 4.78 is 4.94. The number of carbonyl (C=O) groups is 2. The molecule has 0 bridgehead atoms. The van der Waals surface area contributed by atoms with Gasteiger partial charge in [-0.1, -0.05) is 18.2 Å². The smallest absolute Gasteiger partial charge is 0.240 e. The van der Waals surface area contributed by atoms with Crippen molar-refractivity contribution in [1.82, 2.24) is 5.43 Å². The summed E-state index contributed by atoms with van der Waals surface area (Å²) >= 11 is 0. The van der Waals surface area contributed by atoms with Crippen LogP contribution in [0.15, 0.2) is 53.6 Å². The van der Waals surface area contributed by atoms with E-state index in [1.54, 1.807) is 24.3 Å². The molecule has 0 atom stereocenters. The number of benzene rings is 2. The number of carbonyl (C=O) groups excluding carboxylic acids is 2. The van der Waals surface area contributed by atoms with Crippen LogP contribution in [0.3, 0.4) is 0 Å². The van der Waals surface area contributed by atoms with Gasteiger partial charge in [-0.3, -0.25) is 9.59 Å². The minimum absolute atomic E-state index is 0.0177. The van der Waals surface area contributed by atoms with Gasteiger partial charge in [0.25, 0.3) is 0 Å². The molecule has 2 aromatic rings. The molecule has 2 rings (SSSR count). The van der Waals surface area contributed by atoms with Crippen molar-refractivity contribution in [2.75, 3.05) is 12.4 Å². The van der Waals surface area contributed by atoms with Crippen LogP contribution in [0.25, 0.3) is 0 Å². The summed E-state index contributed by atoms with van der Waals surface area (Å²) in [5, 5.41) is 16.1. The number of aromatic hydroxyl groups is 1. The van der Waals surface area contributed by atoms with Crippen molar-refractivity contribution in [3.05, 3.63) is 54.1 Å². The van der Waals surface area contributed by atoms with Gasteiger partial charge < -0.3 is 15.2 Å². The molecule has 7 nitrogen and oxygen atoms in total. The van der Waals surface area contributed by atoms with Gasteiger partial charge >= 0.3 is 0 Å². The van der Waals surface area contributed by atoms with Crippen LogP contribution in [0.4, 0.5) is 5.69 Å². The number of rotatable bonds is 7. The Morgan fingerprint density at radius 1 is 1.12 bits per heavy atom. The average molecular weight is 341 g/mol. The minimum atomic E-state index is -0.378. The second kappa shape index (κ2) is 9.07. The van der Waals surface area contributed by atoms with E-state index in [4.69, 9.17) is 4.74 Å². The quantitative estimate of drug-likeness (QED) is 0.531. The number of hydrazone groups is 1. The van der Waals surface area contributed by atoms with Gasteiger partial charge in [0.2, 0.25) is 11.8 Å². The third-order valence-electron chi connectivity index (χ3n) is 3.24. The van der Waals surface area contributed by atoms with E-state index in [1.807, 2.05) is 18.2 Å². The van der Waals surface area contributed by atoms with Gasteiger partial charge in [0, 0.05) is 18.5 Å². The molecular weight excluding hydrogens is 322 g/mol.